The number of para-hydroxylation sites is 1. The van der Waals surface area contributed by atoms with Crippen LogP contribution in [0.15, 0.2) is 83.6 Å². The Bertz CT molecular complexity index is 836. The molecule has 6 nitrogen and oxygen atoms in total. The minimum atomic E-state index is 0.104. The molecule has 0 radical (unpaired) electrons. The number of aryl methyl sites for hydroxylation is 2. The standard InChI is InChI=1S/C20H22N6/c1-15-7-9-16(10-8-15)11-12-17-13-24-19(14-23-17)20(21)26(25-22)18-5-3-2-4-6-18/h2-10,13-14,21-24H,11-12H2,1H3. The van der Waals surface area contributed by atoms with Crippen molar-refractivity contribution in [2.24, 2.45) is 5.22 Å². The Kier molecular flexibility index (Phi) is 5.43. The second-order valence-corrected chi connectivity index (χ2v) is 6.10. The molecule has 0 spiro atoms. The third-order valence-corrected chi connectivity index (χ3v) is 4.18. The van der Waals surface area contributed by atoms with Crippen LogP contribution in [0.1, 0.15) is 17.5 Å². The number of hydrogen-bond acceptors (Lipinski definition) is 5. The molecule has 0 bridgehead atoms. The van der Waals surface area contributed by atoms with Gasteiger partial charge in [-0.25, -0.2) is 0 Å². The fourth-order valence-corrected chi connectivity index (χ4v) is 2.65. The van der Waals surface area contributed by atoms with Gasteiger partial charge in [-0.05, 0) is 37.5 Å². The van der Waals surface area contributed by atoms with E-state index in [0.717, 1.165) is 18.5 Å². The van der Waals surface area contributed by atoms with Crippen LogP contribution in [-0.4, -0.2) is 5.84 Å². The van der Waals surface area contributed by atoms with Crippen LogP contribution in [0.5, 0.6) is 0 Å². The molecule has 132 valence electrons. The molecule has 1 aliphatic rings. The van der Waals surface area contributed by atoms with Crippen molar-refractivity contribution in [3.05, 3.63) is 89.5 Å². The van der Waals surface area contributed by atoms with Gasteiger partial charge in [-0.3, -0.25) is 5.41 Å². The van der Waals surface area contributed by atoms with Crippen LogP contribution in [0.2, 0.25) is 0 Å². The molecule has 2 aromatic carbocycles. The molecule has 1 aliphatic heterocycles. The Balaban J connectivity index is 1.58. The quantitative estimate of drug-likeness (QED) is 0.273. The Morgan fingerprint density at radius 3 is 2.31 bits per heavy atom. The normalized spacial score (nSPS) is 13.0. The maximum absolute atomic E-state index is 8.31. The SMILES string of the molecule is Cc1ccc(CCC2=CNC(C(=N)N(N=N)c3ccccc3)=CN2)cc1. The first-order valence-electron chi connectivity index (χ1n) is 8.46. The molecular weight excluding hydrogens is 324 g/mol. The van der Waals surface area contributed by atoms with Crippen molar-refractivity contribution >= 4 is 11.5 Å². The number of benzene rings is 2. The average Bonchev–Trinajstić information content (AvgIpc) is 2.69. The molecule has 0 unspecified atom stereocenters. The van der Waals surface area contributed by atoms with Crippen molar-refractivity contribution in [2.45, 2.75) is 19.8 Å². The van der Waals surface area contributed by atoms with Gasteiger partial charge in [-0.1, -0.05) is 53.3 Å². The van der Waals surface area contributed by atoms with Crippen LogP contribution >= 0.6 is 0 Å². The lowest BCUT2D eigenvalue weighted by Gasteiger charge is -2.23. The molecule has 26 heavy (non-hydrogen) atoms. The number of nitrogens with one attached hydrogen (secondary N) is 4. The number of anilines is 1. The van der Waals surface area contributed by atoms with Crippen LogP contribution in [0.3, 0.4) is 0 Å². The highest BCUT2D eigenvalue weighted by molar-refractivity contribution is 6.06. The summed E-state index contributed by atoms with van der Waals surface area (Å²) in [4.78, 5) is 0. The molecular formula is C20H22N6. The number of allylic oxidation sites excluding steroid dienone is 1. The van der Waals surface area contributed by atoms with Crippen LogP contribution in [0, 0.1) is 17.9 Å². The summed E-state index contributed by atoms with van der Waals surface area (Å²) in [6.07, 6.45) is 5.43. The summed E-state index contributed by atoms with van der Waals surface area (Å²) in [5.41, 5.74) is 12.2. The van der Waals surface area contributed by atoms with E-state index >= 15 is 0 Å². The predicted octanol–water partition coefficient (Wildman–Crippen LogP) is 4.23. The summed E-state index contributed by atoms with van der Waals surface area (Å²) in [7, 11) is 0. The third kappa shape index (κ3) is 4.16. The van der Waals surface area contributed by atoms with Crippen LogP contribution in [0.4, 0.5) is 5.69 Å². The van der Waals surface area contributed by atoms with E-state index in [9.17, 15) is 0 Å². The van der Waals surface area contributed by atoms with E-state index in [1.807, 2.05) is 36.5 Å². The van der Waals surface area contributed by atoms with Crippen molar-refractivity contribution in [1.29, 1.82) is 10.9 Å². The van der Waals surface area contributed by atoms with Gasteiger partial charge in [0.2, 0.25) is 0 Å². The number of amidine groups is 1. The summed E-state index contributed by atoms with van der Waals surface area (Å²) in [6.45, 7) is 2.09. The summed E-state index contributed by atoms with van der Waals surface area (Å²) < 4.78 is 0. The van der Waals surface area contributed by atoms with E-state index in [1.165, 1.54) is 16.1 Å². The van der Waals surface area contributed by atoms with Gasteiger partial charge in [0.1, 0.15) is 0 Å². The number of nitrogens with zero attached hydrogens (tertiary/aromatic N) is 2. The van der Waals surface area contributed by atoms with E-state index in [0.29, 0.717) is 11.4 Å². The topological polar surface area (TPSA) is 87.4 Å². The van der Waals surface area contributed by atoms with Gasteiger partial charge in [-0.2, -0.15) is 10.5 Å². The van der Waals surface area contributed by atoms with E-state index in [-0.39, 0.29) is 5.84 Å². The first-order valence-corrected chi connectivity index (χ1v) is 8.46. The van der Waals surface area contributed by atoms with Crippen molar-refractivity contribution < 1.29 is 0 Å². The molecule has 0 saturated carbocycles. The minimum absolute atomic E-state index is 0.104. The number of hydrogen-bond donors (Lipinski definition) is 4. The van der Waals surface area contributed by atoms with Crippen molar-refractivity contribution in [3.63, 3.8) is 0 Å². The highest BCUT2D eigenvalue weighted by atomic mass is 15.5. The minimum Gasteiger partial charge on any atom is -0.362 e. The summed E-state index contributed by atoms with van der Waals surface area (Å²) in [5, 5.41) is 19.4. The summed E-state index contributed by atoms with van der Waals surface area (Å²) >= 11 is 0. The Morgan fingerprint density at radius 1 is 0.962 bits per heavy atom. The lowest BCUT2D eigenvalue weighted by Crippen LogP contribution is -2.34. The zero-order valence-corrected chi connectivity index (χ0v) is 14.7. The van der Waals surface area contributed by atoms with Crippen molar-refractivity contribution in [3.8, 4) is 0 Å². The zero-order valence-electron chi connectivity index (χ0n) is 14.7. The summed E-state index contributed by atoms with van der Waals surface area (Å²) in [6, 6.07) is 17.8. The van der Waals surface area contributed by atoms with Gasteiger partial charge in [0, 0.05) is 18.1 Å². The van der Waals surface area contributed by atoms with Gasteiger partial charge >= 0.3 is 0 Å². The molecule has 6 heteroatoms. The second kappa shape index (κ2) is 8.11. The molecule has 0 atom stereocenters. The van der Waals surface area contributed by atoms with Gasteiger partial charge in [-0.15, -0.1) is 0 Å². The maximum Gasteiger partial charge on any atom is 0.173 e. The fourth-order valence-electron chi connectivity index (χ4n) is 2.65. The van der Waals surface area contributed by atoms with Gasteiger partial charge in [0.25, 0.3) is 0 Å². The zero-order chi connectivity index (χ0) is 18.4. The molecule has 0 saturated heterocycles. The fraction of sp³-hybridized carbons (Fsp3) is 0.150. The molecule has 0 aliphatic carbocycles. The van der Waals surface area contributed by atoms with Crippen LogP contribution in [-0.2, 0) is 6.42 Å². The third-order valence-electron chi connectivity index (χ3n) is 4.18. The molecule has 4 N–H and O–H groups in total. The predicted molar refractivity (Wildman–Crippen MR) is 104 cm³/mol. The molecule has 1 heterocycles. The average molecular weight is 346 g/mol. The number of rotatable bonds is 6. The van der Waals surface area contributed by atoms with Crippen LogP contribution < -0.4 is 15.6 Å². The molecule has 0 aromatic heterocycles. The second-order valence-electron chi connectivity index (χ2n) is 6.10. The van der Waals surface area contributed by atoms with E-state index in [1.54, 1.807) is 6.20 Å². The molecule has 0 fully saturated rings. The lowest BCUT2D eigenvalue weighted by molar-refractivity contribution is 0.811. The van der Waals surface area contributed by atoms with Crippen LogP contribution in [0.25, 0.3) is 0 Å². The Morgan fingerprint density at radius 2 is 1.69 bits per heavy atom. The molecule has 3 rings (SSSR count). The van der Waals surface area contributed by atoms with Crippen molar-refractivity contribution in [1.82, 2.24) is 10.6 Å². The Labute approximate surface area is 153 Å². The maximum atomic E-state index is 8.31. The Hall–Kier alpha value is -3.41. The van der Waals surface area contributed by atoms with Gasteiger partial charge in [0.15, 0.2) is 5.84 Å². The van der Waals surface area contributed by atoms with Crippen molar-refractivity contribution in [2.75, 3.05) is 5.01 Å². The molecule has 2 aromatic rings. The first kappa shape index (κ1) is 17.4. The lowest BCUT2D eigenvalue weighted by atomic mass is 10.1. The monoisotopic (exact) mass is 346 g/mol. The van der Waals surface area contributed by atoms with E-state index in [2.05, 4.69) is 47.0 Å². The van der Waals surface area contributed by atoms with E-state index < -0.39 is 0 Å². The van der Waals surface area contributed by atoms with Gasteiger partial charge < -0.3 is 10.6 Å². The largest absolute Gasteiger partial charge is 0.362 e. The van der Waals surface area contributed by atoms with Gasteiger partial charge in [0.05, 0.1) is 11.4 Å². The highest BCUT2D eigenvalue weighted by Gasteiger charge is 2.17. The van der Waals surface area contributed by atoms with E-state index in [4.69, 9.17) is 10.9 Å². The first-order chi connectivity index (χ1) is 12.7. The summed E-state index contributed by atoms with van der Waals surface area (Å²) in [5.74, 6) is 0.104. The smallest absolute Gasteiger partial charge is 0.173 e. The molecule has 0 amide bonds. The highest BCUT2D eigenvalue weighted by Crippen LogP contribution is 2.17.